The van der Waals surface area contributed by atoms with Gasteiger partial charge in [0.2, 0.25) is 0 Å². The van der Waals surface area contributed by atoms with Crippen molar-refractivity contribution in [1.29, 1.82) is 0 Å². The van der Waals surface area contributed by atoms with Crippen LogP contribution in [-0.4, -0.2) is 30.4 Å². The Kier molecular flexibility index (Phi) is 5.56. The number of piperidine rings is 1. The van der Waals surface area contributed by atoms with E-state index in [0.29, 0.717) is 17.2 Å². The number of hydrogen-bond acceptors (Lipinski definition) is 2. The van der Waals surface area contributed by atoms with Crippen LogP contribution in [0, 0.1) is 5.92 Å². The average Bonchev–Trinajstić information content (AvgIpc) is 2.68. The molecule has 26 heavy (non-hydrogen) atoms. The van der Waals surface area contributed by atoms with E-state index in [1.165, 1.54) is 0 Å². The van der Waals surface area contributed by atoms with Gasteiger partial charge >= 0.3 is 6.03 Å². The molecule has 3 rings (SSSR count). The molecule has 5 heteroatoms. The summed E-state index contributed by atoms with van der Waals surface area (Å²) in [5.41, 5.74) is 2.31. The van der Waals surface area contributed by atoms with Crippen molar-refractivity contribution in [3.05, 3.63) is 65.7 Å². The molecule has 1 saturated heterocycles. The third kappa shape index (κ3) is 4.04. The van der Waals surface area contributed by atoms with E-state index in [2.05, 4.69) is 29.7 Å². The van der Waals surface area contributed by atoms with Crippen LogP contribution in [0.25, 0.3) is 0 Å². The number of hydrogen-bond donors (Lipinski definition) is 2. The summed E-state index contributed by atoms with van der Waals surface area (Å²) in [5.74, 6) is 0.299. The van der Waals surface area contributed by atoms with Gasteiger partial charge in [-0.2, -0.15) is 0 Å². The molecule has 2 unspecified atom stereocenters. The molecular formula is C21H25N3O2. The maximum absolute atomic E-state index is 13.0. The van der Waals surface area contributed by atoms with Crippen LogP contribution in [0.4, 0.5) is 10.5 Å². The molecule has 2 aromatic rings. The lowest BCUT2D eigenvalue weighted by atomic mass is 9.90. The maximum atomic E-state index is 13.0. The molecule has 2 N–H and O–H groups in total. The second-order valence-corrected chi connectivity index (χ2v) is 6.85. The zero-order chi connectivity index (χ0) is 18.5. The predicted molar refractivity (Wildman–Crippen MR) is 103 cm³/mol. The Labute approximate surface area is 154 Å². The lowest BCUT2D eigenvalue weighted by molar-refractivity contribution is 0.0963. The van der Waals surface area contributed by atoms with E-state index in [9.17, 15) is 9.59 Å². The SMILES string of the molecule is CNC(=O)c1cccc(NC(=O)N2CC(C)CCC2c2ccccc2)c1. The fourth-order valence-corrected chi connectivity index (χ4v) is 3.48. The first kappa shape index (κ1) is 18.0. The first-order valence-corrected chi connectivity index (χ1v) is 9.03. The molecule has 136 valence electrons. The lowest BCUT2D eigenvalue weighted by Gasteiger charge is -2.39. The van der Waals surface area contributed by atoms with Crippen molar-refractivity contribution in [1.82, 2.24) is 10.2 Å². The van der Waals surface area contributed by atoms with Gasteiger partial charge in [-0.15, -0.1) is 0 Å². The fraction of sp³-hybridized carbons (Fsp3) is 0.333. The third-order valence-electron chi connectivity index (χ3n) is 4.87. The number of urea groups is 1. The van der Waals surface area contributed by atoms with Gasteiger partial charge in [-0.3, -0.25) is 4.79 Å². The molecule has 0 saturated carbocycles. The number of nitrogens with zero attached hydrogens (tertiary/aromatic N) is 1. The Balaban J connectivity index is 1.79. The van der Waals surface area contributed by atoms with E-state index in [0.717, 1.165) is 24.9 Å². The Bertz CT molecular complexity index is 776. The molecule has 2 aromatic carbocycles. The van der Waals surface area contributed by atoms with Crippen molar-refractivity contribution in [3.8, 4) is 0 Å². The Hall–Kier alpha value is -2.82. The quantitative estimate of drug-likeness (QED) is 0.876. The van der Waals surface area contributed by atoms with Gasteiger partial charge in [0, 0.05) is 24.8 Å². The van der Waals surface area contributed by atoms with Gasteiger partial charge in [-0.05, 0) is 42.5 Å². The summed E-state index contributed by atoms with van der Waals surface area (Å²) < 4.78 is 0. The van der Waals surface area contributed by atoms with Crippen molar-refractivity contribution < 1.29 is 9.59 Å². The van der Waals surface area contributed by atoms with Crippen molar-refractivity contribution >= 4 is 17.6 Å². The first-order valence-electron chi connectivity index (χ1n) is 9.03. The summed E-state index contributed by atoms with van der Waals surface area (Å²) in [6.07, 6.45) is 2.06. The van der Waals surface area contributed by atoms with Crippen LogP contribution in [0.15, 0.2) is 54.6 Å². The highest BCUT2D eigenvalue weighted by Gasteiger charge is 2.31. The Morgan fingerprint density at radius 2 is 1.81 bits per heavy atom. The predicted octanol–water partition coefficient (Wildman–Crippen LogP) is 4.05. The largest absolute Gasteiger partial charge is 0.355 e. The monoisotopic (exact) mass is 351 g/mol. The molecule has 1 aliphatic rings. The molecule has 1 fully saturated rings. The van der Waals surface area contributed by atoms with E-state index in [4.69, 9.17) is 0 Å². The molecule has 0 radical (unpaired) electrons. The van der Waals surface area contributed by atoms with E-state index in [1.54, 1.807) is 31.3 Å². The van der Waals surface area contributed by atoms with E-state index in [-0.39, 0.29) is 18.0 Å². The van der Waals surface area contributed by atoms with E-state index in [1.807, 2.05) is 23.1 Å². The fourth-order valence-electron chi connectivity index (χ4n) is 3.48. The summed E-state index contributed by atoms with van der Waals surface area (Å²) in [4.78, 5) is 26.7. The van der Waals surface area contributed by atoms with Crippen LogP contribution >= 0.6 is 0 Å². The van der Waals surface area contributed by atoms with Gasteiger partial charge < -0.3 is 15.5 Å². The molecule has 0 bridgehead atoms. The van der Waals surface area contributed by atoms with E-state index < -0.39 is 0 Å². The molecule has 1 heterocycles. The molecule has 1 aliphatic heterocycles. The normalized spacial score (nSPS) is 19.7. The zero-order valence-corrected chi connectivity index (χ0v) is 15.2. The van der Waals surface area contributed by atoms with Crippen LogP contribution in [0.2, 0.25) is 0 Å². The van der Waals surface area contributed by atoms with Gasteiger partial charge in [0.15, 0.2) is 0 Å². The first-order chi connectivity index (χ1) is 12.6. The third-order valence-corrected chi connectivity index (χ3v) is 4.87. The zero-order valence-electron chi connectivity index (χ0n) is 15.2. The minimum absolute atomic E-state index is 0.0783. The maximum Gasteiger partial charge on any atom is 0.322 e. The van der Waals surface area contributed by atoms with Crippen molar-refractivity contribution in [2.24, 2.45) is 5.92 Å². The minimum Gasteiger partial charge on any atom is -0.355 e. The number of amides is 3. The number of nitrogens with one attached hydrogen (secondary N) is 2. The summed E-state index contributed by atoms with van der Waals surface area (Å²) in [5, 5.41) is 5.56. The number of carbonyl (C=O) groups is 2. The molecule has 0 aromatic heterocycles. The smallest absolute Gasteiger partial charge is 0.322 e. The number of anilines is 1. The van der Waals surface area contributed by atoms with Gasteiger partial charge in [-0.1, -0.05) is 43.3 Å². The lowest BCUT2D eigenvalue weighted by Crippen LogP contribution is -2.43. The number of rotatable bonds is 3. The number of benzene rings is 2. The highest BCUT2D eigenvalue weighted by Crippen LogP contribution is 2.33. The summed E-state index contributed by atoms with van der Waals surface area (Å²) in [7, 11) is 1.59. The molecule has 0 aliphatic carbocycles. The standard InChI is InChI=1S/C21H25N3O2/c1-15-11-12-19(16-7-4-3-5-8-16)24(14-15)21(26)23-18-10-6-9-17(13-18)20(25)22-2/h3-10,13,15,19H,11-12,14H2,1-2H3,(H,22,25)(H,23,26). The van der Waals surface area contributed by atoms with Crippen LogP contribution in [0.5, 0.6) is 0 Å². The topological polar surface area (TPSA) is 61.4 Å². The highest BCUT2D eigenvalue weighted by molar-refractivity contribution is 5.96. The highest BCUT2D eigenvalue weighted by atomic mass is 16.2. The van der Waals surface area contributed by atoms with Crippen LogP contribution in [0.1, 0.15) is 41.7 Å². The van der Waals surface area contributed by atoms with Crippen LogP contribution < -0.4 is 10.6 Å². The van der Waals surface area contributed by atoms with Crippen molar-refractivity contribution in [3.63, 3.8) is 0 Å². The van der Waals surface area contributed by atoms with Crippen molar-refractivity contribution in [2.75, 3.05) is 18.9 Å². The molecule has 5 nitrogen and oxygen atoms in total. The Morgan fingerprint density at radius 1 is 1.04 bits per heavy atom. The molecular weight excluding hydrogens is 326 g/mol. The summed E-state index contributed by atoms with van der Waals surface area (Å²) >= 11 is 0. The van der Waals surface area contributed by atoms with Crippen molar-refractivity contribution in [2.45, 2.75) is 25.8 Å². The Morgan fingerprint density at radius 3 is 2.54 bits per heavy atom. The molecule has 0 spiro atoms. The van der Waals surface area contributed by atoms with Gasteiger partial charge in [0.05, 0.1) is 6.04 Å². The van der Waals surface area contributed by atoms with Crippen LogP contribution in [-0.2, 0) is 0 Å². The minimum atomic E-state index is -0.171. The molecule has 2 atom stereocenters. The van der Waals surface area contributed by atoms with Gasteiger partial charge in [0.1, 0.15) is 0 Å². The number of carbonyl (C=O) groups excluding carboxylic acids is 2. The van der Waals surface area contributed by atoms with Gasteiger partial charge in [-0.25, -0.2) is 4.79 Å². The van der Waals surface area contributed by atoms with Crippen LogP contribution in [0.3, 0.4) is 0 Å². The molecule has 3 amide bonds. The van der Waals surface area contributed by atoms with E-state index >= 15 is 0 Å². The van der Waals surface area contributed by atoms with Gasteiger partial charge in [0.25, 0.3) is 5.91 Å². The second-order valence-electron chi connectivity index (χ2n) is 6.85. The average molecular weight is 351 g/mol. The summed E-state index contributed by atoms with van der Waals surface area (Å²) in [6.45, 7) is 2.90. The summed E-state index contributed by atoms with van der Waals surface area (Å²) in [6, 6.07) is 17.1. The second kappa shape index (κ2) is 8.04. The number of likely N-dealkylation sites (tertiary alicyclic amines) is 1.